The normalized spacial score (nSPS) is 29.7. The van der Waals surface area contributed by atoms with Crippen molar-refractivity contribution in [3.8, 4) is 0 Å². The lowest BCUT2D eigenvalue weighted by molar-refractivity contribution is 0.0910. The average molecular weight is 245 g/mol. The molecule has 2 aliphatic rings. The summed E-state index contributed by atoms with van der Waals surface area (Å²) in [5, 5.41) is 0. The summed E-state index contributed by atoms with van der Waals surface area (Å²) in [5.74, 6) is 0. The SMILES string of the molecule is CN1CCCC2(CCCN(c3ccncc3)C2)C1. The van der Waals surface area contributed by atoms with Crippen LogP contribution in [0.3, 0.4) is 0 Å². The van der Waals surface area contributed by atoms with Crippen molar-refractivity contribution in [2.24, 2.45) is 5.41 Å². The topological polar surface area (TPSA) is 19.4 Å². The van der Waals surface area contributed by atoms with Crippen LogP contribution in [0.2, 0.25) is 0 Å². The van der Waals surface area contributed by atoms with Gasteiger partial charge in [-0.15, -0.1) is 0 Å². The van der Waals surface area contributed by atoms with Gasteiger partial charge < -0.3 is 9.80 Å². The van der Waals surface area contributed by atoms with Gasteiger partial charge in [0.25, 0.3) is 0 Å². The van der Waals surface area contributed by atoms with Crippen molar-refractivity contribution in [3.05, 3.63) is 24.5 Å². The molecule has 0 radical (unpaired) electrons. The predicted molar refractivity (Wildman–Crippen MR) is 74.8 cm³/mol. The zero-order chi connectivity index (χ0) is 12.4. The van der Waals surface area contributed by atoms with E-state index in [9.17, 15) is 0 Å². The van der Waals surface area contributed by atoms with Gasteiger partial charge in [0.15, 0.2) is 0 Å². The summed E-state index contributed by atoms with van der Waals surface area (Å²) in [4.78, 5) is 9.19. The van der Waals surface area contributed by atoms with E-state index in [1.807, 2.05) is 12.4 Å². The van der Waals surface area contributed by atoms with E-state index in [-0.39, 0.29) is 0 Å². The number of hydrogen-bond acceptors (Lipinski definition) is 3. The van der Waals surface area contributed by atoms with E-state index in [0.29, 0.717) is 5.41 Å². The third-order valence-electron chi connectivity index (χ3n) is 4.54. The van der Waals surface area contributed by atoms with Gasteiger partial charge in [-0.05, 0) is 51.4 Å². The Hall–Kier alpha value is -1.09. The van der Waals surface area contributed by atoms with Gasteiger partial charge in [-0.25, -0.2) is 0 Å². The summed E-state index contributed by atoms with van der Waals surface area (Å²) >= 11 is 0. The number of rotatable bonds is 1. The fraction of sp³-hybridized carbons (Fsp3) is 0.667. The van der Waals surface area contributed by atoms with E-state index < -0.39 is 0 Å². The maximum atomic E-state index is 4.12. The van der Waals surface area contributed by atoms with Crippen LogP contribution in [0.15, 0.2) is 24.5 Å². The summed E-state index contributed by atoms with van der Waals surface area (Å²) < 4.78 is 0. The lowest BCUT2D eigenvalue weighted by atomic mass is 9.74. The number of likely N-dealkylation sites (tertiary alicyclic amines) is 1. The molecule has 0 aliphatic carbocycles. The summed E-state index contributed by atoms with van der Waals surface area (Å²) in [6.45, 7) is 4.97. The van der Waals surface area contributed by atoms with Gasteiger partial charge in [0.05, 0.1) is 0 Å². The molecule has 18 heavy (non-hydrogen) atoms. The van der Waals surface area contributed by atoms with Crippen LogP contribution in [0.1, 0.15) is 25.7 Å². The standard InChI is InChI=1S/C15H23N3/c1-17-10-2-6-15(12-17)7-3-11-18(13-15)14-4-8-16-9-5-14/h4-5,8-9H,2-3,6-7,10-13H2,1H3. The molecule has 3 heterocycles. The maximum Gasteiger partial charge on any atom is 0.0397 e. The molecular weight excluding hydrogens is 222 g/mol. The fourth-order valence-corrected chi connectivity index (χ4v) is 3.77. The highest BCUT2D eigenvalue weighted by Crippen LogP contribution is 2.39. The second kappa shape index (κ2) is 4.88. The average Bonchev–Trinajstić information content (AvgIpc) is 2.39. The van der Waals surface area contributed by atoms with Crippen LogP contribution in [-0.2, 0) is 0 Å². The molecule has 0 aromatic carbocycles. The van der Waals surface area contributed by atoms with Crippen molar-refractivity contribution in [1.29, 1.82) is 0 Å². The lowest BCUT2D eigenvalue weighted by Gasteiger charge is -2.48. The Morgan fingerprint density at radius 2 is 1.78 bits per heavy atom. The molecule has 0 amide bonds. The van der Waals surface area contributed by atoms with Crippen LogP contribution >= 0.6 is 0 Å². The first-order chi connectivity index (χ1) is 8.77. The van der Waals surface area contributed by atoms with E-state index in [2.05, 4.69) is 34.0 Å². The van der Waals surface area contributed by atoms with E-state index in [4.69, 9.17) is 0 Å². The number of anilines is 1. The highest BCUT2D eigenvalue weighted by atomic mass is 15.2. The van der Waals surface area contributed by atoms with E-state index >= 15 is 0 Å². The molecule has 0 bridgehead atoms. The lowest BCUT2D eigenvalue weighted by Crippen LogP contribution is -2.51. The molecule has 2 fully saturated rings. The Labute approximate surface area is 110 Å². The maximum absolute atomic E-state index is 4.12. The van der Waals surface area contributed by atoms with E-state index in [1.165, 1.54) is 57.5 Å². The zero-order valence-electron chi connectivity index (χ0n) is 11.3. The summed E-state index contributed by atoms with van der Waals surface area (Å²) in [5.41, 5.74) is 1.88. The van der Waals surface area contributed by atoms with Crippen molar-refractivity contribution in [3.63, 3.8) is 0 Å². The second-order valence-electron chi connectivity index (χ2n) is 6.07. The minimum atomic E-state index is 0.536. The number of aromatic nitrogens is 1. The summed E-state index contributed by atoms with van der Waals surface area (Å²) in [6.07, 6.45) is 9.31. The Kier molecular flexibility index (Phi) is 3.25. The molecule has 1 aromatic rings. The molecular formula is C15H23N3. The third-order valence-corrected chi connectivity index (χ3v) is 4.54. The minimum Gasteiger partial charge on any atom is -0.371 e. The second-order valence-corrected chi connectivity index (χ2v) is 6.07. The molecule has 2 saturated heterocycles. The fourth-order valence-electron chi connectivity index (χ4n) is 3.77. The van der Waals surface area contributed by atoms with Crippen LogP contribution in [0.4, 0.5) is 5.69 Å². The predicted octanol–water partition coefficient (Wildman–Crippen LogP) is 2.39. The third kappa shape index (κ3) is 2.37. The number of pyridine rings is 1. The summed E-state index contributed by atoms with van der Waals surface area (Å²) in [7, 11) is 2.27. The molecule has 3 nitrogen and oxygen atoms in total. The van der Waals surface area contributed by atoms with Gasteiger partial charge in [0.1, 0.15) is 0 Å². The van der Waals surface area contributed by atoms with Crippen LogP contribution in [0.25, 0.3) is 0 Å². The molecule has 3 heteroatoms. The highest BCUT2D eigenvalue weighted by molar-refractivity contribution is 5.45. The first kappa shape index (κ1) is 12.0. The van der Waals surface area contributed by atoms with Crippen molar-refractivity contribution >= 4 is 5.69 Å². The van der Waals surface area contributed by atoms with Crippen molar-refractivity contribution < 1.29 is 0 Å². The molecule has 1 spiro atoms. The van der Waals surface area contributed by atoms with E-state index in [1.54, 1.807) is 0 Å². The van der Waals surface area contributed by atoms with Gasteiger partial charge in [0, 0.05) is 43.1 Å². The largest absolute Gasteiger partial charge is 0.371 e. The van der Waals surface area contributed by atoms with Gasteiger partial charge in [-0.1, -0.05) is 0 Å². The Balaban J connectivity index is 1.75. The van der Waals surface area contributed by atoms with Gasteiger partial charge >= 0.3 is 0 Å². The molecule has 1 aromatic heterocycles. The van der Waals surface area contributed by atoms with Crippen LogP contribution in [0.5, 0.6) is 0 Å². The molecule has 98 valence electrons. The monoisotopic (exact) mass is 245 g/mol. The number of hydrogen-bond donors (Lipinski definition) is 0. The Morgan fingerprint density at radius 1 is 1.06 bits per heavy atom. The van der Waals surface area contributed by atoms with Crippen molar-refractivity contribution in [2.45, 2.75) is 25.7 Å². The van der Waals surface area contributed by atoms with Gasteiger partial charge in [-0.3, -0.25) is 4.98 Å². The smallest absolute Gasteiger partial charge is 0.0397 e. The Morgan fingerprint density at radius 3 is 2.50 bits per heavy atom. The molecule has 1 unspecified atom stereocenters. The molecule has 0 N–H and O–H groups in total. The van der Waals surface area contributed by atoms with Crippen molar-refractivity contribution in [2.75, 3.05) is 38.1 Å². The molecule has 2 aliphatic heterocycles. The molecule has 1 atom stereocenters. The number of piperidine rings is 2. The number of nitrogens with zero attached hydrogens (tertiary/aromatic N) is 3. The van der Waals surface area contributed by atoms with Crippen molar-refractivity contribution in [1.82, 2.24) is 9.88 Å². The van der Waals surface area contributed by atoms with Gasteiger partial charge in [0.2, 0.25) is 0 Å². The zero-order valence-corrected chi connectivity index (χ0v) is 11.3. The molecule has 0 saturated carbocycles. The van der Waals surface area contributed by atoms with Gasteiger partial charge in [-0.2, -0.15) is 0 Å². The van der Waals surface area contributed by atoms with E-state index in [0.717, 1.165) is 0 Å². The first-order valence-electron chi connectivity index (χ1n) is 7.11. The van der Waals surface area contributed by atoms with Crippen LogP contribution < -0.4 is 4.90 Å². The van der Waals surface area contributed by atoms with Crippen LogP contribution in [-0.4, -0.2) is 43.1 Å². The summed E-state index contributed by atoms with van der Waals surface area (Å²) in [6, 6.07) is 4.29. The van der Waals surface area contributed by atoms with Crippen LogP contribution in [0, 0.1) is 5.41 Å². The molecule has 3 rings (SSSR count). The highest BCUT2D eigenvalue weighted by Gasteiger charge is 2.38. The minimum absolute atomic E-state index is 0.536. The quantitative estimate of drug-likeness (QED) is 0.757. The Bertz CT molecular complexity index is 388. The first-order valence-corrected chi connectivity index (χ1v) is 7.11.